The van der Waals surface area contributed by atoms with Crippen molar-refractivity contribution in [1.82, 2.24) is 0 Å². The Bertz CT molecular complexity index is 81.7. The van der Waals surface area contributed by atoms with Crippen LogP contribution in [0.3, 0.4) is 0 Å². The molecule has 1 aliphatic rings. The molecule has 1 heterocycles. The van der Waals surface area contributed by atoms with Gasteiger partial charge in [0.2, 0.25) is 0 Å². The van der Waals surface area contributed by atoms with Gasteiger partial charge in [0.15, 0.2) is 0 Å². The molecule has 1 aliphatic heterocycles. The van der Waals surface area contributed by atoms with Gasteiger partial charge in [-0.15, -0.1) is 12.4 Å². The van der Waals surface area contributed by atoms with E-state index in [1.165, 1.54) is 6.42 Å². The van der Waals surface area contributed by atoms with Gasteiger partial charge < -0.3 is 10.5 Å². The fourth-order valence-corrected chi connectivity index (χ4v) is 1.12. The molecule has 0 aromatic carbocycles. The summed E-state index contributed by atoms with van der Waals surface area (Å²) in [6.07, 6.45) is 2.78. The van der Waals surface area contributed by atoms with E-state index in [0.717, 1.165) is 18.9 Å². The van der Waals surface area contributed by atoms with Crippen LogP contribution < -0.4 is 5.73 Å². The van der Waals surface area contributed by atoms with Gasteiger partial charge in [-0.1, -0.05) is 6.92 Å². The van der Waals surface area contributed by atoms with Crippen LogP contribution in [0.1, 0.15) is 19.8 Å². The Hall–Kier alpha value is 0.210. The van der Waals surface area contributed by atoms with E-state index in [4.69, 9.17) is 10.5 Å². The first kappa shape index (κ1) is 10.2. The molecule has 3 heteroatoms. The van der Waals surface area contributed by atoms with Gasteiger partial charge in [0.25, 0.3) is 0 Å². The second kappa shape index (κ2) is 4.94. The number of hydrogen-bond acceptors (Lipinski definition) is 2. The average Bonchev–Trinajstić information content (AvgIpc) is 1.90. The molecule has 2 N–H and O–H groups in total. The third kappa shape index (κ3) is 2.86. The van der Waals surface area contributed by atoms with Gasteiger partial charge in [-0.05, 0) is 18.8 Å². The molecule has 0 spiro atoms. The Morgan fingerprint density at radius 2 is 2.20 bits per heavy atom. The summed E-state index contributed by atoms with van der Waals surface area (Å²) in [5.74, 6) is 0.743. The van der Waals surface area contributed by atoms with E-state index < -0.39 is 0 Å². The van der Waals surface area contributed by atoms with Crippen molar-refractivity contribution in [2.24, 2.45) is 11.7 Å². The number of rotatable bonds is 1. The van der Waals surface area contributed by atoms with E-state index in [9.17, 15) is 0 Å². The van der Waals surface area contributed by atoms with Gasteiger partial charge in [-0.25, -0.2) is 0 Å². The lowest BCUT2D eigenvalue weighted by molar-refractivity contribution is -0.00521. The quantitative estimate of drug-likeness (QED) is 0.634. The maximum Gasteiger partial charge on any atom is 0.0697 e. The number of halogens is 1. The predicted octanol–water partition coefficient (Wildman–Crippen LogP) is 1.18. The van der Waals surface area contributed by atoms with Crippen molar-refractivity contribution in [2.75, 3.05) is 13.2 Å². The second-order valence-electron chi connectivity index (χ2n) is 2.87. The molecule has 0 radical (unpaired) electrons. The van der Waals surface area contributed by atoms with Crippen molar-refractivity contribution in [2.45, 2.75) is 25.9 Å². The third-order valence-electron chi connectivity index (χ3n) is 1.86. The maximum absolute atomic E-state index is 5.42. The molecule has 2 atom stereocenters. The molecule has 1 fully saturated rings. The van der Waals surface area contributed by atoms with Gasteiger partial charge in [-0.3, -0.25) is 0 Å². The van der Waals surface area contributed by atoms with Crippen LogP contribution in [-0.4, -0.2) is 19.3 Å². The highest BCUT2D eigenvalue weighted by molar-refractivity contribution is 5.85. The normalized spacial score (nSPS) is 33.0. The van der Waals surface area contributed by atoms with Gasteiger partial charge in [0.05, 0.1) is 6.10 Å². The van der Waals surface area contributed by atoms with Crippen LogP contribution in [0.5, 0.6) is 0 Å². The number of nitrogens with two attached hydrogens (primary N) is 1. The van der Waals surface area contributed by atoms with Crippen molar-refractivity contribution in [3.8, 4) is 0 Å². The van der Waals surface area contributed by atoms with E-state index in [1.807, 2.05) is 0 Å². The van der Waals surface area contributed by atoms with E-state index >= 15 is 0 Å². The first-order valence-electron chi connectivity index (χ1n) is 3.64. The Kier molecular flexibility index (Phi) is 5.04. The minimum atomic E-state index is 0. The average molecular weight is 166 g/mol. The fraction of sp³-hybridized carbons (Fsp3) is 1.00. The minimum absolute atomic E-state index is 0. The molecule has 0 aromatic rings. The monoisotopic (exact) mass is 165 g/mol. The van der Waals surface area contributed by atoms with Crippen molar-refractivity contribution in [3.05, 3.63) is 0 Å². The summed E-state index contributed by atoms with van der Waals surface area (Å²) in [7, 11) is 0. The van der Waals surface area contributed by atoms with E-state index in [2.05, 4.69) is 6.92 Å². The smallest absolute Gasteiger partial charge is 0.0697 e. The Morgan fingerprint density at radius 1 is 1.50 bits per heavy atom. The molecular weight excluding hydrogens is 150 g/mol. The number of hydrogen-bond donors (Lipinski definition) is 1. The van der Waals surface area contributed by atoms with Crippen molar-refractivity contribution >= 4 is 12.4 Å². The summed E-state index contributed by atoms with van der Waals surface area (Å²) >= 11 is 0. The summed E-state index contributed by atoms with van der Waals surface area (Å²) in [6, 6.07) is 0. The third-order valence-corrected chi connectivity index (χ3v) is 1.86. The highest BCUT2D eigenvalue weighted by Gasteiger charge is 2.16. The van der Waals surface area contributed by atoms with Gasteiger partial charge in [0.1, 0.15) is 0 Å². The highest BCUT2D eigenvalue weighted by Crippen LogP contribution is 2.16. The van der Waals surface area contributed by atoms with Gasteiger partial charge >= 0.3 is 0 Å². The van der Waals surface area contributed by atoms with Crippen molar-refractivity contribution < 1.29 is 4.74 Å². The molecule has 1 saturated heterocycles. The Labute approximate surface area is 68.5 Å². The minimum Gasteiger partial charge on any atom is -0.377 e. The summed E-state index contributed by atoms with van der Waals surface area (Å²) in [5, 5.41) is 0. The zero-order valence-corrected chi connectivity index (χ0v) is 7.19. The summed E-state index contributed by atoms with van der Waals surface area (Å²) < 4.78 is 5.41. The zero-order valence-electron chi connectivity index (χ0n) is 6.38. The molecule has 2 nitrogen and oxygen atoms in total. The van der Waals surface area contributed by atoms with Gasteiger partial charge in [-0.2, -0.15) is 0 Å². The van der Waals surface area contributed by atoms with Crippen LogP contribution in [0.25, 0.3) is 0 Å². The molecule has 0 aliphatic carbocycles. The second-order valence-corrected chi connectivity index (χ2v) is 2.87. The largest absolute Gasteiger partial charge is 0.377 e. The highest BCUT2D eigenvalue weighted by atomic mass is 35.5. The standard InChI is InChI=1S/C7H15NO.ClH/c1-6-2-3-7(4-8)9-5-6;/h6-7H,2-5,8H2,1H3;1H/t6-,7+;/m1./s1. The summed E-state index contributed by atoms with van der Waals surface area (Å²) in [5.41, 5.74) is 5.42. The summed E-state index contributed by atoms with van der Waals surface area (Å²) in [4.78, 5) is 0. The van der Waals surface area contributed by atoms with E-state index in [0.29, 0.717) is 12.6 Å². The van der Waals surface area contributed by atoms with E-state index in [1.54, 1.807) is 0 Å². The van der Waals surface area contributed by atoms with Crippen LogP contribution in [0.15, 0.2) is 0 Å². The molecule has 0 amide bonds. The number of ether oxygens (including phenoxy) is 1. The predicted molar refractivity (Wildman–Crippen MR) is 44.4 cm³/mol. The van der Waals surface area contributed by atoms with Crippen LogP contribution in [0.4, 0.5) is 0 Å². The molecule has 62 valence electrons. The van der Waals surface area contributed by atoms with Crippen LogP contribution in [0, 0.1) is 5.92 Å². The Morgan fingerprint density at radius 3 is 2.60 bits per heavy atom. The maximum atomic E-state index is 5.42. The molecular formula is C7H16ClNO. The van der Waals surface area contributed by atoms with Crippen LogP contribution >= 0.6 is 12.4 Å². The molecule has 0 bridgehead atoms. The topological polar surface area (TPSA) is 35.2 Å². The van der Waals surface area contributed by atoms with Crippen molar-refractivity contribution in [3.63, 3.8) is 0 Å². The molecule has 0 unspecified atom stereocenters. The fourth-order valence-electron chi connectivity index (χ4n) is 1.12. The first-order chi connectivity index (χ1) is 4.33. The lowest BCUT2D eigenvalue weighted by Crippen LogP contribution is -2.30. The van der Waals surface area contributed by atoms with Crippen LogP contribution in [-0.2, 0) is 4.74 Å². The van der Waals surface area contributed by atoms with Crippen LogP contribution in [0.2, 0.25) is 0 Å². The zero-order chi connectivity index (χ0) is 6.69. The lowest BCUT2D eigenvalue weighted by Gasteiger charge is -2.25. The molecule has 0 saturated carbocycles. The molecule has 10 heavy (non-hydrogen) atoms. The molecule has 0 aromatic heterocycles. The SMILES string of the molecule is C[C@@H]1CC[C@@H](CN)OC1.Cl. The van der Waals surface area contributed by atoms with Gasteiger partial charge in [0, 0.05) is 13.2 Å². The lowest BCUT2D eigenvalue weighted by atomic mass is 10.0. The van der Waals surface area contributed by atoms with Crippen molar-refractivity contribution in [1.29, 1.82) is 0 Å². The molecule has 1 rings (SSSR count). The van der Waals surface area contributed by atoms with E-state index in [-0.39, 0.29) is 12.4 Å². The Balaban J connectivity index is 0.000000810. The summed E-state index contributed by atoms with van der Waals surface area (Å²) in [6.45, 7) is 3.81. The first-order valence-corrected chi connectivity index (χ1v) is 3.64.